The molecule has 2 fully saturated rings. The first-order chi connectivity index (χ1) is 30.8. The van der Waals surface area contributed by atoms with Crippen molar-refractivity contribution in [1.29, 1.82) is 0 Å². The molecular weight excluding hydrogens is 899 g/mol. The molecule has 0 saturated carbocycles. The molecule has 3 aromatic heterocycles. The lowest BCUT2D eigenvalue weighted by atomic mass is 10.2. The van der Waals surface area contributed by atoms with Crippen LogP contribution in [-0.4, -0.2) is 99.5 Å². The van der Waals surface area contributed by atoms with Crippen molar-refractivity contribution in [2.75, 3.05) is 76.5 Å². The minimum absolute atomic E-state index is 0. The van der Waals surface area contributed by atoms with E-state index in [0.29, 0.717) is 36.3 Å². The van der Waals surface area contributed by atoms with E-state index in [2.05, 4.69) is 39.1 Å². The Hall–Kier alpha value is -6.28. The average Bonchev–Trinajstić information content (AvgIpc) is 3.99. The summed E-state index contributed by atoms with van der Waals surface area (Å²) >= 11 is 7.40. The summed E-state index contributed by atoms with van der Waals surface area (Å²) < 4.78 is 70.1. The lowest BCUT2D eigenvalue weighted by Gasteiger charge is -2.37. The fourth-order valence-electron chi connectivity index (χ4n) is 7.57. The quantitative estimate of drug-likeness (QED) is 0.131. The largest absolute Gasteiger partial charge is 0.368 e. The molecule has 4 aromatic carbocycles. The Morgan fingerprint density at radius 3 is 1.78 bits per heavy atom. The number of piperazine rings is 2. The molecule has 1 unspecified atom stereocenters. The number of carbonyl (C=O) groups is 1. The molecule has 7 aromatic rings. The number of aromatic nitrogens is 4. The number of fused-ring (bicyclic) bond motifs is 1. The SMILES string of the molecule is CC(C(=O)N1CCN(c2ccc(S(=O)(=O)Nc3ccncn3)cc2)CC1)n1ccc2ccc(Cl)cc21.O=S(=O)(Nc1nccs1)c1ccc(N2CCN(c3ccc(F)cc3)CC2)cc1.[HH].[HH]. The van der Waals surface area contributed by atoms with E-state index in [-0.39, 0.29) is 36.2 Å². The van der Waals surface area contributed by atoms with E-state index < -0.39 is 20.0 Å². The fourth-order valence-corrected chi connectivity index (χ4v) is 10.5. The monoisotopic (exact) mass is 946 g/mol. The molecule has 20 heteroatoms. The minimum Gasteiger partial charge on any atom is -0.368 e. The molecule has 1 atom stereocenters. The van der Waals surface area contributed by atoms with E-state index in [1.807, 2.05) is 59.0 Å². The lowest BCUT2D eigenvalue weighted by Crippen LogP contribution is -2.50. The number of carbonyl (C=O) groups excluding carboxylic acids is 1. The predicted molar refractivity (Wildman–Crippen MR) is 254 cm³/mol. The van der Waals surface area contributed by atoms with Crippen LogP contribution in [0.3, 0.4) is 0 Å². The molecule has 0 spiro atoms. The zero-order valence-electron chi connectivity index (χ0n) is 34.5. The van der Waals surface area contributed by atoms with Gasteiger partial charge in [-0.25, -0.2) is 36.2 Å². The number of thiazole rings is 1. The summed E-state index contributed by atoms with van der Waals surface area (Å²) in [5.41, 5.74) is 3.83. The van der Waals surface area contributed by atoms with Gasteiger partial charge in [0.05, 0.1) is 15.3 Å². The summed E-state index contributed by atoms with van der Waals surface area (Å²) in [4.78, 5) is 33.7. The van der Waals surface area contributed by atoms with Crippen molar-refractivity contribution < 1.29 is 28.9 Å². The first-order valence-corrected chi connectivity index (χ1v) is 24.5. The van der Waals surface area contributed by atoms with Gasteiger partial charge in [0.2, 0.25) is 5.91 Å². The maximum absolute atomic E-state index is 13.2. The third-order valence-corrected chi connectivity index (χ3v) is 14.8. The standard InChI is InChI=1S/C25H25ClN6O3S.C19H19FN4O2S2.2H2/c1-18(32-11-9-19-2-3-20(26)16-23(19)32)25(33)31-14-12-30(13-15-31)21-4-6-22(7-5-21)36(34,35)29-24-8-10-27-17-28-24;20-15-1-3-16(4-2-15)23-10-12-24(13-11-23)17-5-7-18(8-6-17)28(25,26)22-19-21-9-14-27-19;;/h2-11,16-18H,12-15H2,1H3,(H,27,28,29);1-9,14H,10-13H2,(H,21,22);2*1H. The Labute approximate surface area is 382 Å². The number of sulfonamides is 2. The number of benzene rings is 4. The number of nitrogens with one attached hydrogen (secondary N) is 2. The van der Waals surface area contributed by atoms with Crippen LogP contribution in [0.4, 0.5) is 32.4 Å². The number of halogens is 2. The van der Waals surface area contributed by atoms with E-state index >= 15 is 0 Å². The number of amides is 1. The highest BCUT2D eigenvalue weighted by Gasteiger charge is 2.27. The summed E-state index contributed by atoms with van der Waals surface area (Å²) in [5.74, 6) is 0.0336. The Bertz CT molecular complexity index is 2910. The Morgan fingerprint density at radius 1 is 0.703 bits per heavy atom. The van der Waals surface area contributed by atoms with Crippen LogP contribution in [0, 0.1) is 5.82 Å². The Kier molecular flexibility index (Phi) is 13.3. The zero-order valence-corrected chi connectivity index (χ0v) is 37.7. The van der Waals surface area contributed by atoms with Gasteiger partial charge in [-0.05, 0) is 109 Å². The normalized spacial score (nSPS) is 15.0. The maximum Gasteiger partial charge on any atom is 0.263 e. The van der Waals surface area contributed by atoms with E-state index in [0.717, 1.165) is 54.1 Å². The molecule has 0 aliphatic carbocycles. The molecule has 2 aliphatic rings. The third-order valence-electron chi connectivity index (χ3n) is 11.0. The highest BCUT2D eigenvalue weighted by Crippen LogP contribution is 2.27. The van der Waals surface area contributed by atoms with Crippen LogP contribution in [0.1, 0.15) is 15.8 Å². The topological polar surface area (TPSA) is 166 Å². The average molecular weight is 948 g/mol. The minimum atomic E-state index is -3.75. The van der Waals surface area contributed by atoms with Gasteiger partial charge in [0, 0.05) is 101 Å². The van der Waals surface area contributed by atoms with Crippen LogP contribution in [-0.2, 0) is 24.8 Å². The third kappa shape index (κ3) is 10.4. The molecule has 0 radical (unpaired) electrons. The van der Waals surface area contributed by atoms with Crippen molar-refractivity contribution in [3.63, 3.8) is 0 Å². The molecule has 336 valence electrons. The van der Waals surface area contributed by atoms with Crippen LogP contribution in [0.5, 0.6) is 0 Å². The number of hydrogen-bond donors (Lipinski definition) is 2. The van der Waals surface area contributed by atoms with Gasteiger partial charge in [-0.2, -0.15) is 0 Å². The molecule has 64 heavy (non-hydrogen) atoms. The number of hydrogen-bond acceptors (Lipinski definition) is 12. The first kappa shape index (κ1) is 44.3. The second-order valence-corrected chi connectivity index (χ2v) is 19.7. The van der Waals surface area contributed by atoms with Crippen LogP contribution >= 0.6 is 22.9 Å². The van der Waals surface area contributed by atoms with Gasteiger partial charge in [-0.15, -0.1) is 11.3 Å². The van der Waals surface area contributed by atoms with E-state index in [4.69, 9.17) is 11.6 Å². The van der Waals surface area contributed by atoms with Gasteiger partial charge in [-0.1, -0.05) is 17.7 Å². The molecular formula is C44H48ClFN10O5S3. The van der Waals surface area contributed by atoms with Crippen molar-refractivity contribution >= 4 is 87.8 Å². The molecule has 5 heterocycles. The summed E-state index contributed by atoms with van der Waals surface area (Å²) in [7, 11) is -7.39. The van der Waals surface area contributed by atoms with Crippen LogP contribution < -0.4 is 24.1 Å². The van der Waals surface area contributed by atoms with Crippen LogP contribution in [0.15, 0.2) is 143 Å². The first-order valence-electron chi connectivity index (χ1n) is 20.3. The van der Waals surface area contributed by atoms with Gasteiger partial charge in [0.1, 0.15) is 24.0 Å². The molecule has 1 amide bonds. The molecule has 2 N–H and O–H groups in total. The fraction of sp³-hybridized carbons (Fsp3) is 0.227. The smallest absolute Gasteiger partial charge is 0.263 e. The lowest BCUT2D eigenvalue weighted by molar-refractivity contribution is -0.134. The predicted octanol–water partition coefficient (Wildman–Crippen LogP) is 7.70. The van der Waals surface area contributed by atoms with Crippen molar-refractivity contribution in [2.24, 2.45) is 0 Å². The van der Waals surface area contributed by atoms with Gasteiger partial charge in [0.15, 0.2) is 5.13 Å². The highest BCUT2D eigenvalue weighted by molar-refractivity contribution is 7.93. The van der Waals surface area contributed by atoms with Crippen molar-refractivity contribution in [3.8, 4) is 0 Å². The highest BCUT2D eigenvalue weighted by atomic mass is 35.5. The second kappa shape index (κ2) is 19.2. The summed E-state index contributed by atoms with van der Waals surface area (Å²) in [6.07, 6.45) is 6.23. The molecule has 2 saturated heterocycles. The summed E-state index contributed by atoms with van der Waals surface area (Å²) in [6, 6.07) is 28.9. The van der Waals surface area contributed by atoms with Crippen molar-refractivity contribution in [2.45, 2.75) is 22.8 Å². The second-order valence-electron chi connectivity index (χ2n) is 15.0. The maximum atomic E-state index is 13.2. The van der Waals surface area contributed by atoms with Gasteiger partial charge in [-0.3, -0.25) is 14.2 Å². The van der Waals surface area contributed by atoms with Crippen LogP contribution in [0.25, 0.3) is 10.9 Å². The van der Waals surface area contributed by atoms with Gasteiger partial charge >= 0.3 is 0 Å². The van der Waals surface area contributed by atoms with E-state index in [1.54, 1.807) is 60.1 Å². The molecule has 9 rings (SSSR count). The summed E-state index contributed by atoms with van der Waals surface area (Å²) in [5, 5.41) is 3.74. The molecule has 15 nitrogen and oxygen atoms in total. The number of rotatable bonds is 11. The number of anilines is 5. The Morgan fingerprint density at radius 2 is 1.25 bits per heavy atom. The van der Waals surface area contributed by atoms with Crippen molar-refractivity contribution in [3.05, 3.63) is 144 Å². The molecule has 2 aliphatic heterocycles. The van der Waals surface area contributed by atoms with Gasteiger partial charge in [0.25, 0.3) is 20.0 Å². The van der Waals surface area contributed by atoms with E-state index in [9.17, 15) is 26.0 Å². The summed E-state index contributed by atoms with van der Waals surface area (Å²) in [6.45, 7) is 7.63. The van der Waals surface area contributed by atoms with Crippen LogP contribution in [0.2, 0.25) is 5.02 Å². The Balaban J connectivity index is 0.000000218. The van der Waals surface area contributed by atoms with Gasteiger partial charge < -0.3 is 24.2 Å². The van der Waals surface area contributed by atoms with E-state index in [1.165, 1.54) is 42.1 Å². The number of nitrogens with zero attached hydrogens (tertiary/aromatic N) is 8. The molecule has 0 bridgehead atoms. The van der Waals surface area contributed by atoms with Crippen molar-refractivity contribution in [1.82, 2.24) is 24.4 Å². The zero-order chi connectivity index (χ0) is 44.8.